The Kier molecular flexibility index (Phi) is 5.48. The van der Waals surface area contributed by atoms with Gasteiger partial charge in [0.15, 0.2) is 11.6 Å². The van der Waals surface area contributed by atoms with E-state index in [1.165, 1.54) is 37.4 Å². The summed E-state index contributed by atoms with van der Waals surface area (Å²) in [6.45, 7) is 3.55. The summed E-state index contributed by atoms with van der Waals surface area (Å²) in [6, 6.07) is 14.0. The highest BCUT2D eigenvalue weighted by molar-refractivity contribution is 6.35. The van der Waals surface area contributed by atoms with E-state index in [2.05, 4.69) is 0 Å². The average Bonchev–Trinajstić information content (AvgIpc) is 3.03. The maximum atomic E-state index is 13.8. The van der Waals surface area contributed by atoms with Crippen LogP contribution >= 0.6 is 0 Å². The molecular formula is C25H20FNO5. The molecule has 3 aromatic carbocycles. The summed E-state index contributed by atoms with van der Waals surface area (Å²) in [5, 5.41) is 0. The second-order valence-electron chi connectivity index (χ2n) is 7.54. The Morgan fingerprint density at radius 3 is 2.41 bits per heavy atom. The molecule has 32 heavy (non-hydrogen) atoms. The van der Waals surface area contributed by atoms with E-state index in [0.717, 1.165) is 16.0 Å². The number of halogens is 1. The Bertz CT molecular complexity index is 1270. The quantitative estimate of drug-likeness (QED) is 0.434. The van der Waals surface area contributed by atoms with Gasteiger partial charge in [-0.15, -0.1) is 0 Å². The number of imide groups is 1. The van der Waals surface area contributed by atoms with Gasteiger partial charge in [-0.1, -0.05) is 18.2 Å². The first-order valence-electron chi connectivity index (χ1n) is 9.90. The monoisotopic (exact) mass is 433 g/mol. The molecule has 6 nitrogen and oxygen atoms in total. The van der Waals surface area contributed by atoms with Crippen molar-refractivity contribution in [3.05, 3.63) is 93.8 Å². The summed E-state index contributed by atoms with van der Waals surface area (Å²) in [7, 11) is 1.36. The molecule has 0 aliphatic carbocycles. The van der Waals surface area contributed by atoms with Gasteiger partial charge in [0.05, 0.1) is 29.5 Å². The number of hydrogen-bond acceptors (Lipinski definition) is 5. The van der Waals surface area contributed by atoms with Gasteiger partial charge in [-0.2, -0.15) is 0 Å². The van der Waals surface area contributed by atoms with E-state index in [1.807, 2.05) is 26.0 Å². The molecule has 0 bridgehead atoms. The molecule has 3 aromatic rings. The second kappa shape index (κ2) is 8.26. The Morgan fingerprint density at radius 1 is 0.938 bits per heavy atom. The molecule has 2 amide bonds. The maximum absolute atomic E-state index is 13.8. The molecule has 0 atom stereocenters. The summed E-state index contributed by atoms with van der Waals surface area (Å²) in [4.78, 5) is 39.6. The highest BCUT2D eigenvalue weighted by Gasteiger charge is 2.38. The average molecular weight is 433 g/mol. The van der Waals surface area contributed by atoms with E-state index in [-0.39, 0.29) is 29.0 Å². The Balaban J connectivity index is 1.55. The molecular weight excluding hydrogens is 413 g/mol. The summed E-state index contributed by atoms with van der Waals surface area (Å²) in [5.41, 5.74) is 3.16. The van der Waals surface area contributed by atoms with Gasteiger partial charge in [-0.3, -0.25) is 9.59 Å². The lowest BCUT2D eigenvalue weighted by Gasteiger charge is -2.17. The van der Waals surface area contributed by atoms with Gasteiger partial charge in [0.25, 0.3) is 11.8 Å². The van der Waals surface area contributed by atoms with Crippen LogP contribution in [0.2, 0.25) is 0 Å². The van der Waals surface area contributed by atoms with Crippen LogP contribution in [0.15, 0.2) is 54.6 Å². The van der Waals surface area contributed by atoms with Crippen molar-refractivity contribution in [3.63, 3.8) is 0 Å². The number of amides is 2. The fourth-order valence-corrected chi connectivity index (χ4v) is 3.58. The third kappa shape index (κ3) is 3.73. The number of carbonyl (C=O) groups is 3. The number of methoxy groups -OCH3 is 1. The SMILES string of the molecule is COc1ccc(COC(=O)c2ccc3c(c2)C(=O)N(c2cc(C)ccc2C)C3=O)cc1F. The zero-order chi connectivity index (χ0) is 23.0. The number of nitrogens with zero attached hydrogens (tertiary/aromatic N) is 1. The van der Waals surface area contributed by atoms with E-state index >= 15 is 0 Å². The molecule has 0 aromatic heterocycles. The van der Waals surface area contributed by atoms with Crippen molar-refractivity contribution < 1.29 is 28.2 Å². The molecule has 0 unspecified atom stereocenters. The predicted octanol–water partition coefficient (Wildman–Crippen LogP) is 4.61. The third-order valence-corrected chi connectivity index (χ3v) is 5.31. The van der Waals surface area contributed by atoms with Gasteiger partial charge in [-0.05, 0) is 66.9 Å². The first-order chi connectivity index (χ1) is 15.3. The molecule has 1 aliphatic rings. The van der Waals surface area contributed by atoms with E-state index in [0.29, 0.717) is 11.3 Å². The third-order valence-electron chi connectivity index (χ3n) is 5.31. The second-order valence-corrected chi connectivity index (χ2v) is 7.54. The molecule has 0 radical (unpaired) electrons. The van der Waals surface area contributed by atoms with Crippen LogP contribution in [0.25, 0.3) is 0 Å². The number of benzene rings is 3. The van der Waals surface area contributed by atoms with Crippen molar-refractivity contribution in [2.75, 3.05) is 12.0 Å². The predicted molar refractivity (Wildman–Crippen MR) is 116 cm³/mol. The molecule has 0 fully saturated rings. The summed E-state index contributed by atoms with van der Waals surface area (Å²) < 4.78 is 23.9. The van der Waals surface area contributed by atoms with Crippen LogP contribution < -0.4 is 9.64 Å². The van der Waals surface area contributed by atoms with Crippen LogP contribution in [-0.2, 0) is 11.3 Å². The van der Waals surface area contributed by atoms with Crippen LogP contribution in [0.1, 0.15) is 47.8 Å². The van der Waals surface area contributed by atoms with Crippen molar-refractivity contribution in [1.82, 2.24) is 0 Å². The normalized spacial score (nSPS) is 12.7. The highest BCUT2D eigenvalue weighted by atomic mass is 19.1. The lowest BCUT2D eigenvalue weighted by molar-refractivity contribution is 0.0472. The number of anilines is 1. The van der Waals surface area contributed by atoms with Gasteiger partial charge in [0, 0.05) is 0 Å². The van der Waals surface area contributed by atoms with Crippen LogP contribution in [0.3, 0.4) is 0 Å². The van der Waals surface area contributed by atoms with Gasteiger partial charge in [0.1, 0.15) is 6.61 Å². The molecule has 1 heterocycles. The van der Waals surface area contributed by atoms with Gasteiger partial charge >= 0.3 is 5.97 Å². The van der Waals surface area contributed by atoms with Gasteiger partial charge < -0.3 is 9.47 Å². The molecule has 0 spiro atoms. The number of esters is 1. The summed E-state index contributed by atoms with van der Waals surface area (Å²) in [5.74, 6) is -2.09. The fraction of sp³-hybridized carbons (Fsp3) is 0.160. The number of carbonyl (C=O) groups excluding carboxylic acids is 3. The molecule has 4 rings (SSSR count). The van der Waals surface area contributed by atoms with E-state index < -0.39 is 23.6 Å². The van der Waals surface area contributed by atoms with Crippen LogP contribution in [0.5, 0.6) is 5.75 Å². The Hall–Kier alpha value is -4.00. The highest BCUT2D eigenvalue weighted by Crippen LogP contribution is 2.32. The summed E-state index contributed by atoms with van der Waals surface area (Å²) in [6.07, 6.45) is 0. The van der Waals surface area contributed by atoms with E-state index in [1.54, 1.807) is 12.1 Å². The zero-order valence-corrected chi connectivity index (χ0v) is 17.8. The van der Waals surface area contributed by atoms with Gasteiger partial charge in [0.2, 0.25) is 0 Å². The topological polar surface area (TPSA) is 72.9 Å². The van der Waals surface area contributed by atoms with Crippen molar-refractivity contribution in [3.8, 4) is 5.75 Å². The van der Waals surface area contributed by atoms with E-state index in [9.17, 15) is 18.8 Å². The maximum Gasteiger partial charge on any atom is 0.338 e. The van der Waals surface area contributed by atoms with Crippen molar-refractivity contribution in [1.29, 1.82) is 0 Å². The standard InChI is InChI=1S/C25H20FNO5/c1-14-4-5-15(2)21(10-14)27-23(28)18-8-7-17(12-19(18)24(27)29)25(30)32-13-16-6-9-22(31-3)20(26)11-16/h4-12H,13H2,1-3H3. The summed E-state index contributed by atoms with van der Waals surface area (Å²) >= 11 is 0. The minimum absolute atomic E-state index is 0.0929. The Morgan fingerprint density at radius 2 is 1.69 bits per heavy atom. The smallest absolute Gasteiger partial charge is 0.338 e. The molecule has 1 aliphatic heterocycles. The molecule has 162 valence electrons. The molecule has 7 heteroatoms. The number of hydrogen-bond donors (Lipinski definition) is 0. The fourth-order valence-electron chi connectivity index (χ4n) is 3.58. The number of aryl methyl sites for hydroxylation is 2. The van der Waals surface area contributed by atoms with Gasteiger partial charge in [-0.25, -0.2) is 14.1 Å². The lowest BCUT2D eigenvalue weighted by Crippen LogP contribution is -2.30. The lowest BCUT2D eigenvalue weighted by atomic mass is 10.1. The van der Waals surface area contributed by atoms with Crippen molar-refractivity contribution in [2.45, 2.75) is 20.5 Å². The number of rotatable bonds is 5. The molecule has 0 saturated heterocycles. The van der Waals surface area contributed by atoms with Crippen LogP contribution in [0, 0.1) is 19.7 Å². The minimum atomic E-state index is -0.686. The first-order valence-corrected chi connectivity index (χ1v) is 9.90. The molecule has 0 N–H and O–H groups in total. The van der Waals surface area contributed by atoms with Crippen molar-refractivity contribution >= 4 is 23.5 Å². The Labute approximate surface area is 184 Å². The minimum Gasteiger partial charge on any atom is -0.494 e. The number of ether oxygens (including phenoxy) is 2. The van der Waals surface area contributed by atoms with Crippen molar-refractivity contribution in [2.24, 2.45) is 0 Å². The number of fused-ring (bicyclic) bond motifs is 1. The zero-order valence-electron chi connectivity index (χ0n) is 17.8. The molecule has 0 saturated carbocycles. The van der Waals surface area contributed by atoms with Crippen LogP contribution in [0.4, 0.5) is 10.1 Å². The first kappa shape index (κ1) is 21.2. The largest absolute Gasteiger partial charge is 0.494 e. The van der Waals surface area contributed by atoms with Crippen LogP contribution in [-0.4, -0.2) is 24.9 Å². The van der Waals surface area contributed by atoms with E-state index in [4.69, 9.17) is 9.47 Å².